The minimum atomic E-state index is -0.521. The first-order chi connectivity index (χ1) is 9.36. The number of hydrogen-bond donors (Lipinski definition) is 1. The van der Waals surface area contributed by atoms with E-state index in [0.29, 0.717) is 6.54 Å². The Morgan fingerprint density at radius 1 is 1.15 bits per heavy atom. The van der Waals surface area contributed by atoms with E-state index in [2.05, 4.69) is 5.32 Å². The Bertz CT molecular complexity index is 505. The standard InChI is InChI=1S/C16H22N2O2/c1-5-18-12(11-9-7-6-8-10-11)14(19)17-13(15(18)20)16(2,3)4/h6-10,12-13H,5H2,1-4H3,(H,17,19). The van der Waals surface area contributed by atoms with Crippen molar-refractivity contribution in [1.82, 2.24) is 10.2 Å². The molecule has 1 fully saturated rings. The largest absolute Gasteiger partial charge is 0.342 e. The van der Waals surface area contributed by atoms with Crippen LogP contribution in [0.1, 0.15) is 39.3 Å². The maximum atomic E-state index is 12.6. The van der Waals surface area contributed by atoms with Gasteiger partial charge in [-0.1, -0.05) is 51.1 Å². The molecule has 0 spiro atoms. The Hall–Kier alpha value is -1.84. The molecule has 108 valence electrons. The summed E-state index contributed by atoms with van der Waals surface area (Å²) in [6.07, 6.45) is 0. The van der Waals surface area contributed by atoms with E-state index in [1.54, 1.807) is 4.90 Å². The van der Waals surface area contributed by atoms with Crippen LogP contribution in [0.2, 0.25) is 0 Å². The highest BCUT2D eigenvalue weighted by Crippen LogP contribution is 2.31. The number of rotatable bonds is 2. The third kappa shape index (κ3) is 2.55. The van der Waals surface area contributed by atoms with Gasteiger partial charge in [-0.05, 0) is 17.9 Å². The van der Waals surface area contributed by atoms with E-state index in [1.807, 2.05) is 58.0 Å². The Labute approximate surface area is 120 Å². The number of hydrogen-bond acceptors (Lipinski definition) is 2. The summed E-state index contributed by atoms with van der Waals surface area (Å²) in [6, 6.07) is 8.46. The van der Waals surface area contributed by atoms with Crippen molar-refractivity contribution in [2.75, 3.05) is 6.54 Å². The molecule has 1 aromatic carbocycles. The summed E-state index contributed by atoms with van der Waals surface area (Å²) in [6.45, 7) is 8.33. The van der Waals surface area contributed by atoms with E-state index < -0.39 is 12.1 Å². The topological polar surface area (TPSA) is 49.4 Å². The summed E-state index contributed by atoms with van der Waals surface area (Å²) in [7, 11) is 0. The molecule has 2 rings (SSSR count). The SMILES string of the molecule is CCN1C(=O)C(C(C)(C)C)NC(=O)C1c1ccccc1. The van der Waals surface area contributed by atoms with Gasteiger partial charge in [0.15, 0.2) is 0 Å². The summed E-state index contributed by atoms with van der Waals surface area (Å²) < 4.78 is 0. The zero-order valence-corrected chi connectivity index (χ0v) is 12.5. The van der Waals surface area contributed by atoms with Gasteiger partial charge in [0, 0.05) is 6.54 Å². The number of likely N-dealkylation sites (N-methyl/N-ethyl adjacent to an activating group) is 1. The van der Waals surface area contributed by atoms with Crippen molar-refractivity contribution in [1.29, 1.82) is 0 Å². The first-order valence-corrected chi connectivity index (χ1v) is 7.02. The van der Waals surface area contributed by atoms with Crippen molar-refractivity contribution in [2.45, 2.75) is 39.8 Å². The second kappa shape index (κ2) is 5.27. The van der Waals surface area contributed by atoms with Crippen LogP contribution in [0.3, 0.4) is 0 Å². The Morgan fingerprint density at radius 2 is 1.75 bits per heavy atom. The second-order valence-electron chi connectivity index (χ2n) is 6.25. The smallest absolute Gasteiger partial charge is 0.248 e. The van der Waals surface area contributed by atoms with Gasteiger partial charge in [-0.15, -0.1) is 0 Å². The fourth-order valence-corrected chi connectivity index (χ4v) is 2.61. The predicted molar refractivity (Wildman–Crippen MR) is 78.0 cm³/mol. The number of nitrogens with one attached hydrogen (secondary N) is 1. The molecule has 1 heterocycles. The van der Waals surface area contributed by atoms with E-state index in [-0.39, 0.29) is 17.2 Å². The molecule has 1 aliphatic rings. The number of piperazine rings is 1. The van der Waals surface area contributed by atoms with Crippen LogP contribution in [0.15, 0.2) is 30.3 Å². The van der Waals surface area contributed by atoms with Gasteiger partial charge in [0.1, 0.15) is 12.1 Å². The molecule has 1 aliphatic heterocycles. The van der Waals surface area contributed by atoms with Crippen LogP contribution in [0.4, 0.5) is 0 Å². The number of carbonyl (C=O) groups excluding carboxylic acids is 2. The minimum absolute atomic E-state index is 0.00606. The number of carbonyl (C=O) groups is 2. The summed E-state index contributed by atoms with van der Waals surface area (Å²) in [5.41, 5.74) is 0.564. The molecule has 4 nitrogen and oxygen atoms in total. The van der Waals surface area contributed by atoms with Crippen molar-refractivity contribution < 1.29 is 9.59 Å². The van der Waals surface area contributed by atoms with E-state index in [9.17, 15) is 9.59 Å². The highest BCUT2D eigenvalue weighted by atomic mass is 16.2. The van der Waals surface area contributed by atoms with E-state index in [0.717, 1.165) is 5.56 Å². The van der Waals surface area contributed by atoms with Gasteiger partial charge in [-0.25, -0.2) is 0 Å². The zero-order chi connectivity index (χ0) is 14.9. The first kappa shape index (κ1) is 14.6. The van der Waals surface area contributed by atoms with Gasteiger partial charge in [-0.2, -0.15) is 0 Å². The lowest BCUT2D eigenvalue weighted by molar-refractivity contribution is -0.152. The monoisotopic (exact) mass is 274 g/mol. The normalized spacial score (nSPS) is 23.7. The van der Waals surface area contributed by atoms with Crippen LogP contribution >= 0.6 is 0 Å². The molecule has 1 N–H and O–H groups in total. The highest BCUT2D eigenvalue weighted by Gasteiger charge is 2.44. The third-order valence-electron chi connectivity index (χ3n) is 3.70. The van der Waals surface area contributed by atoms with Crippen molar-refractivity contribution in [3.8, 4) is 0 Å². The molecule has 0 aromatic heterocycles. The van der Waals surface area contributed by atoms with Gasteiger partial charge in [0.05, 0.1) is 0 Å². The molecule has 0 saturated carbocycles. The van der Waals surface area contributed by atoms with Crippen molar-refractivity contribution in [3.05, 3.63) is 35.9 Å². The Balaban J connectivity index is 2.37. The molecule has 2 amide bonds. The van der Waals surface area contributed by atoms with Gasteiger partial charge in [-0.3, -0.25) is 9.59 Å². The van der Waals surface area contributed by atoms with Gasteiger partial charge in [0.2, 0.25) is 11.8 Å². The summed E-state index contributed by atoms with van der Waals surface area (Å²) in [5.74, 6) is -0.106. The van der Waals surface area contributed by atoms with Crippen LogP contribution in [-0.4, -0.2) is 29.3 Å². The van der Waals surface area contributed by atoms with Crippen LogP contribution in [-0.2, 0) is 9.59 Å². The number of amides is 2. The lowest BCUT2D eigenvalue weighted by atomic mass is 9.83. The maximum absolute atomic E-state index is 12.6. The predicted octanol–water partition coefficient (Wildman–Crippen LogP) is 2.12. The van der Waals surface area contributed by atoms with Gasteiger partial charge >= 0.3 is 0 Å². The van der Waals surface area contributed by atoms with Crippen LogP contribution in [0.5, 0.6) is 0 Å². The zero-order valence-electron chi connectivity index (χ0n) is 12.5. The summed E-state index contributed by atoms with van der Waals surface area (Å²) >= 11 is 0. The molecule has 1 saturated heterocycles. The molecule has 2 unspecified atom stereocenters. The summed E-state index contributed by atoms with van der Waals surface area (Å²) in [5, 5.41) is 2.89. The minimum Gasteiger partial charge on any atom is -0.342 e. The molecule has 0 aliphatic carbocycles. The van der Waals surface area contributed by atoms with Gasteiger partial charge in [0.25, 0.3) is 0 Å². The van der Waals surface area contributed by atoms with Crippen LogP contribution < -0.4 is 5.32 Å². The molecule has 2 atom stereocenters. The second-order valence-corrected chi connectivity index (χ2v) is 6.25. The van der Waals surface area contributed by atoms with Crippen molar-refractivity contribution >= 4 is 11.8 Å². The fourth-order valence-electron chi connectivity index (χ4n) is 2.61. The highest BCUT2D eigenvalue weighted by molar-refractivity contribution is 5.98. The van der Waals surface area contributed by atoms with Crippen molar-refractivity contribution in [2.24, 2.45) is 5.41 Å². The van der Waals surface area contributed by atoms with E-state index in [1.165, 1.54) is 0 Å². The van der Waals surface area contributed by atoms with Crippen LogP contribution in [0.25, 0.3) is 0 Å². The fraction of sp³-hybridized carbons (Fsp3) is 0.500. The quantitative estimate of drug-likeness (QED) is 0.898. The maximum Gasteiger partial charge on any atom is 0.248 e. The molecule has 0 radical (unpaired) electrons. The average Bonchev–Trinajstić information content (AvgIpc) is 2.40. The molecule has 4 heteroatoms. The Morgan fingerprint density at radius 3 is 2.25 bits per heavy atom. The lowest BCUT2D eigenvalue weighted by Crippen LogP contribution is -2.63. The first-order valence-electron chi connectivity index (χ1n) is 7.02. The number of nitrogens with zero attached hydrogens (tertiary/aromatic N) is 1. The van der Waals surface area contributed by atoms with Crippen LogP contribution in [0, 0.1) is 5.41 Å². The molecular formula is C16H22N2O2. The molecule has 0 bridgehead atoms. The third-order valence-corrected chi connectivity index (χ3v) is 3.70. The average molecular weight is 274 g/mol. The number of benzene rings is 1. The van der Waals surface area contributed by atoms with E-state index >= 15 is 0 Å². The molecular weight excluding hydrogens is 252 g/mol. The lowest BCUT2D eigenvalue weighted by Gasteiger charge is -2.43. The van der Waals surface area contributed by atoms with Crippen molar-refractivity contribution in [3.63, 3.8) is 0 Å². The Kier molecular flexibility index (Phi) is 3.84. The van der Waals surface area contributed by atoms with Gasteiger partial charge < -0.3 is 10.2 Å². The molecule has 20 heavy (non-hydrogen) atoms. The van der Waals surface area contributed by atoms with E-state index in [4.69, 9.17) is 0 Å². The summed E-state index contributed by atoms with van der Waals surface area (Å²) in [4.78, 5) is 26.8. The molecule has 1 aromatic rings.